The van der Waals surface area contributed by atoms with Crippen LogP contribution in [0.3, 0.4) is 0 Å². The molecule has 1 N–H and O–H groups in total. The van der Waals surface area contributed by atoms with Gasteiger partial charge in [0.15, 0.2) is 5.69 Å². The van der Waals surface area contributed by atoms with Crippen molar-refractivity contribution in [2.45, 2.75) is 39.2 Å². The van der Waals surface area contributed by atoms with Crippen molar-refractivity contribution >= 4 is 0 Å². The van der Waals surface area contributed by atoms with E-state index in [-0.39, 0.29) is 17.3 Å². The van der Waals surface area contributed by atoms with Gasteiger partial charge in [0.1, 0.15) is 11.4 Å². The zero-order chi connectivity index (χ0) is 14.6. The molecule has 108 valence electrons. The molecule has 0 spiro atoms. The topological polar surface area (TPSA) is 81.3 Å². The summed E-state index contributed by atoms with van der Waals surface area (Å²) >= 11 is 0. The van der Waals surface area contributed by atoms with Crippen LogP contribution in [0.25, 0.3) is 11.6 Å². The lowest BCUT2D eigenvalue weighted by molar-refractivity contribution is -0.0583. The molecule has 0 aliphatic heterocycles. The lowest BCUT2D eigenvalue weighted by Crippen LogP contribution is -2.29. The van der Waals surface area contributed by atoms with E-state index in [2.05, 4.69) is 15.1 Å². The Kier molecular flexibility index (Phi) is 4.34. The molecular formula is C14H19N3O3. The molecule has 2 heterocycles. The first-order chi connectivity index (χ1) is 9.66. The van der Waals surface area contributed by atoms with E-state index in [4.69, 9.17) is 9.26 Å². The summed E-state index contributed by atoms with van der Waals surface area (Å²) in [4.78, 5) is 8.40. The van der Waals surface area contributed by atoms with Crippen LogP contribution in [0.4, 0.5) is 0 Å². The fourth-order valence-corrected chi connectivity index (χ4v) is 2.18. The molecule has 20 heavy (non-hydrogen) atoms. The van der Waals surface area contributed by atoms with Crippen LogP contribution < -0.4 is 0 Å². The fraction of sp³-hybridized carbons (Fsp3) is 0.500. The lowest BCUT2D eigenvalue weighted by atomic mass is 9.96. The van der Waals surface area contributed by atoms with Gasteiger partial charge in [-0.05, 0) is 31.9 Å². The number of aromatic nitrogens is 3. The Bertz CT molecular complexity index is 564. The molecule has 2 aromatic heterocycles. The number of nitrogens with zero attached hydrogens (tertiary/aromatic N) is 3. The number of hydrogen-bond donors (Lipinski definition) is 1. The van der Waals surface area contributed by atoms with E-state index in [9.17, 15) is 5.11 Å². The van der Waals surface area contributed by atoms with Gasteiger partial charge < -0.3 is 14.4 Å². The molecule has 0 amide bonds. The number of rotatable bonds is 6. The van der Waals surface area contributed by atoms with E-state index < -0.39 is 5.60 Å². The number of ether oxygens (including phenoxy) is 1. The van der Waals surface area contributed by atoms with Crippen molar-refractivity contribution < 1.29 is 14.4 Å². The molecule has 0 radical (unpaired) electrons. The third-order valence-corrected chi connectivity index (χ3v) is 3.39. The van der Waals surface area contributed by atoms with Crippen molar-refractivity contribution in [2.75, 3.05) is 6.61 Å². The predicted octanol–water partition coefficient (Wildman–Crippen LogP) is 2.89. The molecule has 0 bridgehead atoms. The highest BCUT2D eigenvalue weighted by molar-refractivity contribution is 5.55. The van der Waals surface area contributed by atoms with Crippen LogP contribution in [0.1, 0.15) is 39.4 Å². The molecule has 0 fully saturated rings. The second-order valence-electron chi connectivity index (χ2n) is 4.43. The third-order valence-electron chi connectivity index (χ3n) is 3.39. The first-order valence-electron chi connectivity index (χ1n) is 6.79. The monoisotopic (exact) mass is 277 g/mol. The van der Waals surface area contributed by atoms with Crippen molar-refractivity contribution in [1.29, 1.82) is 0 Å². The third kappa shape index (κ3) is 2.51. The molecule has 2 rings (SSSR count). The first kappa shape index (κ1) is 14.5. The highest BCUT2D eigenvalue weighted by atomic mass is 16.5. The molecule has 0 unspecified atom stereocenters. The zero-order valence-corrected chi connectivity index (χ0v) is 12.0. The van der Waals surface area contributed by atoms with Crippen LogP contribution in [0.2, 0.25) is 0 Å². The summed E-state index contributed by atoms with van der Waals surface area (Å²) in [5.41, 5.74) is -0.273. The maximum absolute atomic E-state index is 9.77. The van der Waals surface area contributed by atoms with Gasteiger partial charge in [-0.2, -0.15) is 4.98 Å². The molecule has 0 aliphatic carbocycles. The van der Waals surface area contributed by atoms with Gasteiger partial charge in [-0.25, -0.2) is 4.98 Å². The maximum Gasteiger partial charge on any atom is 0.280 e. The average Bonchev–Trinajstić information content (AvgIpc) is 2.95. The molecule has 0 saturated carbocycles. The molecule has 0 aromatic carbocycles. The van der Waals surface area contributed by atoms with E-state index in [1.54, 1.807) is 12.3 Å². The summed E-state index contributed by atoms with van der Waals surface area (Å²) in [5.74, 6) is 0.700. The second-order valence-corrected chi connectivity index (χ2v) is 4.43. The van der Waals surface area contributed by atoms with Gasteiger partial charge in [0.05, 0.1) is 0 Å². The van der Waals surface area contributed by atoms with E-state index in [1.165, 1.54) is 6.07 Å². The Morgan fingerprint density at radius 1 is 1.30 bits per heavy atom. The van der Waals surface area contributed by atoms with Crippen molar-refractivity contribution in [3.8, 4) is 17.3 Å². The number of pyridine rings is 1. The van der Waals surface area contributed by atoms with E-state index >= 15 is 0 Å². The lowest BCUT2D eigenvalue weighted by Gasteiger charge is -2.27. The molecule has 6 heteroatoms. The van der Waals surface area contributed by atoms with Crippen LogP contribution in [0.15, 0.2) is 22.9 Å². The average molecular weight is 277 g/mol. The number of aromatic hydroxyl groups is 1. The SMILES string of the molecule is CCOC(CC)(CC)c1noc(-c2ncccc2O)n1. The summed E-state index contributed by atoms with van der Waals surface area (Å²) in [6.45, 7) is 6.55. The summed E-state index contributed by atoms with van der Waals surface area (Å²) in [5, 5.41) is 13.8. The molecule has 6 nitrogen and oxygen atoms in total. The highest BCUT2D eigenvalue weighted by Gasteiger charge is 2.35. The maximum atomic E-state index is 9.77. The van der Waals surface area contributed by atoms with Gasteiger partial charge in [-0.15, -0.1) is 0 Å². The Balaban J connectivity index is 2.39. The molecular weight excluding hydrogens is 258 g/mol. The Morgan fingerprint density at radius 2 is 2.05 bits per heavy atom. The van der Waals surface area contributed by atoms with Crippen LogP contribution in [-0.4, -0.2) is 26.8 Å². The van der Waals surface area contributed by atoms with Crippen LogP contribution in [0.5, 0.6) is 5.75 Å². The van der Waals surface area contributed by atoms with Gasteiger partial charge in [-0.1, -0.05) is 19.0 Å². The summed E-state index contributed by atoms with van der Waals surface area (Å²) in [6, 6.07) is 3.17. The van der Waals surface area contributed by atoms with E-state index in [0.717, 1.165) is 12.8 Å². The van der Waals surface area contributed by atoms with Gasteiger partial charge in [0.2, 0.25) is 5.82 Å². The standard InChI is InChI=1S/C14H19N3O3/c1-4-14(5-2,19-6-3)13-16-12(20-17-13)11-10(18)8-7-9-15-11/h7-9,18H,4-6H2,1-3H3. The summed E-state index contributed by atoms with van der Waals surface area (Å²) < 4.78 is 11.0. The second kappa shape index (κ2) is 6.00. The van der Waals surface area contributed by atoms with E-state index in [0.29, 0.717) is 12.4 Å². The van der Waals surface area contributed by atoms with Crippen molar-refractivity contribution in [2.24, 2.45) is 0 Å². The van der Waals surface area contributed by atoms with Crippen LogP contribution >= 0.6 is 0 Å². The Labute approximate surface area is 117 Å². The summed E-state index contributed by atoms with van der Waals surface area (Å²) in [7, 11) is 0. The number of hydrogen-bond acceptors (Lipinski definition) is 6. The van der Waals surface area contributed by atoms with Gasteiger partial charge in [0.25, 0.3) is 5.89 Å². The van der Waals surface area contributed by atoms with Gasteiger partial charge in [-0.3, -0.25) is 0 Å². The van der Waals surface area contributed by atoms with Crippen molar-refractivity contribution in [3.63, 3.8) is 0 Å². The minimum Gasteiger partial charge on any atom is -0.505 e. The Morgan fingerprint density at radius 3 is 2.65 bits per heavy atom. The van der Waals surface area contributed by atoms with Crippen LogP contribution in [-0.2, 0) is 10.3 Å². The van der Waals surface area contributed by atoms with Crippen molar-refractivity contribution in [3.05, 3.63) is 24.2 Å². The quantitative estimate of drug-likeness (QED) is 0.874. The Hall–Kier alpha value is -1.95. The normalized spacial score (nSPS) is 11.8. The van der Waals surface area contributed by atoms with Crippen LogP contribution in [0, 0.1) is 0 Å². The minimum atomic E-state index is -0.555. The van der Waals surface area contributed by atoms with E-state index in [1.807, 2.05) is 20.8 Å². The first-order valence-corrected chi connectivity index (χ1v) is 6.79. The largest absolute Gasteiger partial charge is 0.505 e. The summed E-state index contributed by atoms with van der Waals surface area (Å²) in [6.07, 6.45) is 3.05. The van der Waals surface area contributed by atoms with Gasteiger partial charge in [0, 0.05) is 12.8 Å². The fourth-order valence-electron chi connectivity index (χ4n) is 2.18. The molecule has 2 aromatic rings. The van der Waals surface area contributed by atoms with Crippen molar-refractivity contribution in [1.82, 2.24) is 15.1 Å². The zero-order valence-electron chi connectivity index (χ0n) is 12.0. The minimum absolute atomic E-state index is 0.0118. The molecule has 0 saturated heterocycles. The predicted molar refractivity (Wildman–Crippen MR) is 73.1 cm³/mol. The highest BCUT2D eigenvalue weighted by Crippen LogP contribution is 2.33. The molecule has 0 aliphatic rings. The molecule has 0 atom stereocenters. The van der Waals surface area contributed by atoms with Gasteiger partial charge >= 0.3 is 0 Å². The smallest absolute Gasteiger partial charge is 0.280 e.